The molecule has 11 heavy (non-hydrogen) atoms. The molecule has 1 nitrogen and oxygen atoms in total. The quantitative estimate of drug-likeness (QED) is 0.649. The summed E-state index contributed by atoms with van der Waals surface area (Å²) in [6, 6.07) is 1.56. The van der Waals surface area contributed by atoms with E-state index in [0.717, 1.165) is 5.56 Å². The molecule has 1 aromatic carbocycles. The van der Waals surface area contributed by atoms with Gasteiger partial charge in [0.15, 0.2) is 5.75 Å². The number of rotatable bonds is 0. The monoisotopic (exact) mass is 210 g/mol. The van der Waals surface area contributed by atoms with Crippen molar-refractivity contribution in [2.75, 3.05) is 0 Å². The van der Waals surface area contributed by atoms with Crippen molar-refractivity contribution in [3.63, 3.8) is 0 Å². The molecule has 0 saturated heterocycles. The summed E-state index contributed by atoms with van der Waals surface area (Å²) in [4.78, 5) is 0. The third kappa shape index (κ3) is 1.56. The summed E-state index contributed by atoms with van der Waals surface area (Å²) in [5, 5.41) is 9.83. The van der Waals surface area contributed by atoms with Gasteiger partial charge in [-0.1, -0.05) is 34.8 Å². The van der Waals surface area contributed by atoms with E-state index in [2.05, 4.69) is 0 Å². The van der Waals surface area contributed by atoms with Crippen LogP contribution in [0.15, 0.2) is 6.07 Å². The minimum Gasteiger partial charge on any atom is -0.505 e. The van der Waals surface area contributed by atoms with Crippen LogP contribution < -0.4 is 0 Å². The molecule has 0 unspecified atom stereocenters. The van der Waals surface area contributed by atoms with E-state index in [4.69, 9.17) is 39.9 Å². The topological polar surface area (TPSA) is 20.2 Å². The number of halogens is 3. The lowest BCUT2D eigenvalue weighted by Gasteiger charge is -2.04. The maximum atomic E-state index is 9.16. The van der Waals surface area contributed by atoms with Gasteiger partial charge in [-0.15, -0.1) is 0 Å². The summed E-state index contributed by atoms with van der Waals surface area (Å²) in [5.41, 5.74) is 0.750. The van der Waals surface area contributed by atoms with Gasteiger partial charge in [-0.3, -0.25) is 0 Å². The van der Waals surface area contributed by atoms with E-state index >= 15 is 0 Å². The van der Waals surface area contributed by atoms with Crippen molar-refractivity contribution in [1.82, 2.24) is 0 Å². The molecule has 0 spiro atoms. The van der Waals surface area contributed by atoms with Crippen LogP contribution in [0, 0.1) is 6.92 Å². The first kappa shape index (κ1) is 8.98. The minimum absolute atomic E-state index is 0.108. The molecule has 0 bridgehead atoms. The van der Waals surface area contributed by atoms with Crippen LogP contribution in [0.4, 0.5) is 0 Å². The number of aryl methyl sites for hydroxylation is 1. The molecule has 60 valence electrons. The molecule has 4 heteroatoms. The Kier molecular flexibility index (Phi) is 2.53. The summed E-state index contributed by atoms with van der Waals surface area (Å²) < 4.78 is 0. The average Bonchev–Trinajstić information content (AvgIpc) is 1.97. The summed E-state index contributed by atoms with van der Waals surface area (Å²) in [7, 11) is 0. The van der Waals surface area contributed by atoms with Crippen LogP contribution >= 0.6 is 34.8 Å². The van der Waals surface area contributed by atoms with Gasteiger partial charge < -0.3 is 5.11 Å². The van der Waals surface area contributed by atoms with Gasteiger partial charge in [0.05, 0.1) is 10.0 Å². The Morgan fingerprint density at radius 1 is 1.18 bits per heavy atom. The van der Waals surface area contributed by atoms with Crippen molar-refractivity contribution in [3.05, 3.63) is 26.7 Å². The van der Waals surface area contributed by atoms with Gasteiger partial charge in [-0.2, -0.15) is 0 Å². The lowest BCUT2D eigenvalue weighted by atomic mass is 10.2. The lowest BCUT2D eigenvalue weighted by molar-refractivity contribution is 0.476. The average molecular weight is 211 g/mol. The number of hydrogen-bond donors (Lipinski definition) is 1. The number of aromatic hydroxyl groups is 1. The van der Waals surface area contributed by atoms with E-state index in [-0.39, 0.29) is 15.8 Å². The molecular weight excluding hydrogens is 206 g/mol. The summed E-state index contributed by atoms with van der Waals surface area (Å²) >= 11 is 16.9. The first-order valence-electron chi connectivity index (χ1n) is 2.87. The number of phenols is 1. The fourth-order valence-corrected chi connectivity index (χ4v) is 1.41. The molecule has 0 aliphatic rings. The largest absolute Gasteiger partial charge is 0.505 e. The molecule has 0 heterocycles. The number of benzene rings is 1. The van der Waals surface area contributed by atoms with Crippen molar-refractivity contribution >= 4 is 34.8 Å². The molecule has 0 aliphatic carbocycles. The highest BCUT2D eigenvalue weighted by Crippen LogP contribution is 2.38. The molecule has 0 radical (unpaired) electrons. The van der Waals surface area contributed by atoms with Gasteiger partial charge in [0.2, 0.25) is 0 Å². The van der Waals surface area contributed by atoms with E-state index in [1.54, 1.807) is 13.0 Å². The van der Waals surface area contributed by atoms with Crippen LogP contribution in [0.5, 0.6) is 5.75 Å². The van der Waals surface area contributed by atoms with E-state index in [1.807, 2.05) is 0 Å². The van der Waals surface area contributed by atoms with Crippen molar-refractivity contribution < 1.29 is 5.11 Å². The maximum Gasteiger partial charge on any atom is 0.154 e. The molecule has 0 aliphatic heterocycles. The van der Waals surface area contributed by atoms with Crippen molar-refractivity contribution in [1.29, 1.82) is 0 Å². The van der Waals surface area contributed by atoms with Crippen molar-refractivity contribution in [3.8, 4) is 5.75 Å². The molecule has 1 aromatic rings. The van der Waals surface area contributed by atoms with Gasteiger partial charge in [0, 0.05) is 0 Å². The number of phenolic OH excluding ortho intramolecular Hbond substituents is 1. The third-order valence-electron chi connectivity index (χ3n) is 1.32. The van der Waals surface area contributed by atoms with E-state index in [9.17, 15) is 0 Å². The zero-order valence-electron chi connectivity index (χ0n) is 5.66. The summed E-state index contributed by atoms with van der Waals surface area (Å²) in [5.74, 6) is -0.163. The minimum atomic E-state index is -0.163. The normalized spacial score (nSPS) is 10.2. The third-order valence-corrected chi connectivity index (χ3v) is 2.56. The molecule has 0 aromatic heterocycles. The van der Waals surface area contributed by atoms with Crippen LogP contribution in [0.3, 0.4) is 0 Å². The van der Waals surface area contributed by atoms with E-state index in [0.29, 0.717) is 5.02 Å². The maximum absolute atomic E-state index is 9.16. The first-order valence-corrected chi connectivity index (χ1v) is 4.00. The molecule has 0 atom stereocenters. The van der Waals surface area contributed by atoms with Gasteiger partial charge in [0.1, 0.15) is 5.02 Å². The second-order valence-corrected chi connectivity index (χ2v) is 3.31. The summed E-state index contributed by atoms with van der Waals surface area (Å²) in [6.07, 6.45) is 0. The first-order chi connectivity index (χ1) is 5.04. The predicted molar refractivity (Wildman–Crippen MR) is 47.9 cm³/mol. The molecule has 0 fully saturated rings. The van der Waals surface area contributed by atoms with Gasteiger partial charge in [-0.25, -0.2) is 0 Å². The Morgan fingerprint density at radius 2 is 1.73 bits per heavy atom. The zero-order chi connectivity index (χ0) is 8.59. The van der Waals surface area contributed by atoms with E-state index < -0.39 is 0 Å². The smallest absolute Gasteiger partial charge is 0.154 e. The van der Waals surface area contributed by atoms with Crippen molar-refractivity contribution in [2.24, 2.45) is 0 Å². The molecular formula is C7H5Cl3O. The van der Waals surface area contributed by atoms with E-state index in [1.165, 1.54) is 0 Å². The van der Waals surface area contributed by atoms with Crippen LogP contribution in [0.1, 0.15) is 5.56 Å². The SMILES string of the molecule is Cc1cc(Cl)c(O)c(Cl)c1Cl. The Morgan fingerprint density at radius 3 is 2.27 bits per heavy atom. The standard InChI is InChI=1S/C7H5Cl3O/c1-3-2-4(8)7(11)6(10)5(3)9/h2,11H,1H3. The zero-order valence-corrected chi connectivity index (χ0v) is 7.93. The van der Waals surface area contributed by atoms with Gasteiger partial charge in [-0.05, 0) is 18.6 Å². The Labute approximate surface area is 79.5 Å². The van der Waals surface area contributed by atoms with Gasteiger partial charge >= 0.3 is 0 Å². The Balaban J connectivity index is 3.46. The fourth-order valence-electron chi connectivity index (χ4n) is 0.704. The van der Waals surface area contributed by atoms with Gasteiger partial charge in [0.25, 0.3) is 0 Å². The highest BCUT2D eigenvalue weighted by molar-refractivity contribution is 6.45. The second-order valence-electron chi connectivity index (χ2n) is 2.15. The molecule has 0 saturated carbocycles. The molecule has 1 rings (SSSR count). The highest BCUT2D eigenvalue weighted by Gasteiger charge is 2.10. The Bertz CT molecular complexity index is 270. The number of hydrogen-bond acceptors (Lipinski definition) is 1. The molecule has 0 amide bonds. The fraction of sp³-hybridized carbons (Fsp3) is 0.143. The van der Waals surface area contributed by atoms with Crippen LogP contribution in [-0.2, 0) is 0 Å². The Hall–Kier alpha value is -0.110. The van der Waals surface area contributed by atoms with Crippen LogP contribution in [0.25, 0.3) is 0 Å². The second kappa shape index (κ2) is 3.10. The predicted octanol–water partition coefficient (Wildman–Crippen LogP) is 3.66. The highest BCUT2D eigenvalue weighted by atomic mass is 35.5. The van der Waals surface area contributed by atoms with Crippen molar-refractivity contribution in [2.45, 2.75) is 6.92 Å². The van der Waals surface area contributed by atoms with Crippen LogP contribution in [-0.4, -0.2) is 5.11 Å². The molecule has 1 N–H and O–H groups in total. The lowest BCUT2D eigenvalue weighted by Crippen LogP contribution is -1.79. The summed E-state index contributed by atoms with van der Waals surface area (Å²) in [6.45, 7) is 1.76. The van der Waals surface area contributed by atoms with Crippen LogP contribution in [0.2, 0.25) is 15.1 Å².